The number of allylic oxidation sites excluding steroid dienone is 2. The van der Waals surface area contributed by atoms with Gasteiger partial charge in [0.25, 0.3) is 15.9 Å². The van der Waals surface area contributed by atoms with E-state index in [-0.39, 0.29) is 10.5 Å². The first-order valence-electron chi connectivity index (χ1n) is 9.27. The summed E-state index contributed by atoms with van der Waals surface area (Å²) in [6.45, 7) is 0. The minimum atomic E-state index is -3.89. The van der Waals surface area contributed by atoms with Crippen molar-refractivity contribution in [2.75, 3.05) is 11.8 Å². The largest absolute Gasteiger partial charge is 0.495 e. The predicted octanol–water partition coefficient (Wildman–Crippen LogP) is 3.18. The molecule has 29 heavy (non-hydrogen) atoms. The molecule has 8 heteroatoms. The van der Waals surface area contributed by atoms with Crippen LogP contribution in [0.4, 0.5) is 5.69 Å². The van der Waals surface area contributed by atoms with Crippen LogP contribution in [0.15, 0.2) is 70.7 Å². The molecule has 0 unspecified atom stereocenters. The number of rotatable bonds is 6. The van der Waals surface area contributed by atoms with Crippen molar-refractivity contribution in [1.82, 2.24) is 5.43 Å². The molecule has 0 spiro atoms. The number of amides is 1. The SMILES string of the molecule is COc1ccccc1NS(=O)(=O)c1cccc(C(=O)N/N=C2/C[C@@H]3C=CC[C@H]23)c1. The van der Waals surface area contributed by atoms with Gasteiger partial charge in [-0.1, -0.05) is 30.4 Å². The van der Waals surface area contributed by atoms with E-state index in [4.69, 9.17) is 4.74 Å². The van der Waals surface area contributed by atoms with Crippen LogP contribution >= 0.6 is 0 Å². The summed E-state index contributed by atoms with van der Waals surface area (Å²) in [6, 6.07) is 12.6. The number of nitrogens with one attached hydrogen (secondary N) is 2. The van der Waals surface area contributed by atoms with Crippen LogP contribution in [0.3, 0.4) is 0 Å². The maximum Gasteiger partial charge on any atom is 0.271 e. The highest BCUT2D eigenvalue weighted by Gasteiger charge is 2.38. The third-order valence-electron chi connectivity index (χ3n) is 5.22. The molecule has 7 nitrogen and oxygen atoms in total. The fourth-order valence-corrected chi connectivity index (χ4v) is 4.70. The zero-order chi connectivity index (χ0) is 20.4. The number of hydrogen-bond acceptors (Lipinski definition) is 5. The molecule has 2 atom stereocenters. The van der Waals surface area contributed by atoms with Gasteiger partial charge in [0, 0.05) is 17.2 Å². The Morgan fingerprint density at radius 2 is 2.00 bits per heavy atom. The number of carbonyl (C=O) groups excluding carboxylic acids is 1. The van der Waals surface area contributed by atoms with Crippen LogP contribution in [-0.2, 0) is 10.0 Å². The molecule has 2 aliphatic rings. The summed E-state index contributed by atoms with van der Waals surface area (Å²) in [5.74, 6) is 0.898. The van der Waals surface area contributed by atoms with E-state index >= 15 is 0 Å². The van der Waals surface area contributed by atoms with Crippen molar-refractivity contribution in [1.29, 1.82) is 0 Å². The van der Waals surface area contributed by atoms with Gasteiger partial charge >= 0.3 is 0 Å². The van der Waals surface area contributed by atoms with Crippen molar-refractivity contribution in [2.45, 2.75) is 17.7 Å². The van der Waals surface area contributed by atoms with Crippen molar-refractivity contribution >= 4 is 27.3 Å². The predicted molar refractivity (Wildman–Crippen MR) is 110 cm³/mol. The van der Waals surface area contributed by atoms with Crippen molar-refractivity contribution < 1.29 is 17.9 Å². The Kier molecular flexibility index (Phi) is 5.10. The number of ether oxygens (including phenoxy) is 1. The van der Waals surface area contributed by atoms with E-state index in [0.717, 1.165) is 18.6 Å². The van der Waals surface area contributed by atoms with Crippen LogP contribution in [0.25, 0.3) is 0 Å². The second-order valence-corrected chi connectivity index (χ2v) is 8.70. The van der Waals surface area contributed by atoms with Crippen LogP contribution in [0.5, 0.6) is 5.75 Å². The first-order chi connectivity index (χ1) is 14.0. The number of benzene rings is 2. The fraction of sp³-hybridized carbons (Fsp3) is 0.238. The lowest BCUT2D eigenvalue weighted by molar-refractivity contribution is 0.0953. The molecular weight excluding hydrogens is 390 g/mol. The standard InChI is InChI=1S/C21H21N3O4S/c1-28-20-11-3-2-10-18(20)24-29(26,27)16-8-4-7-15(12-16)21(25)23-22-19-13-14-6-5-9-17(14)19/h2-8,10-12,14,17,24H,9,13H2,1H3,(H,23,25)/b22-19-/t14-,17-/m0/s1. The molecule has 2 aliphatic carbocycles. The second-order valence-electron chi connectivity index (χ2n) is 7.02. The topological polar surface area (TPSA) is 96.9 Å². The Labute approximate surface area is 169 Å². The normalized spacial score (nSPS) is 21.3. The van der Waals surface area contributed by atoms with Gasteiger partial charge in [0.2, 0.25) is 0 Å². The maximum absolute atomic E-state index is 12.8. The van der Waals surface area contributed by atoms with Crippen molar-refractivity contribution in [3.05, 3.63) is 66.2 Å². The maximum atomic E-state index is 12.8. The molecule has 0 radical (unpaired) electrons. The number of anilines is 1. The number of para-hydroxylation sites is 2. The molecule has 0 aliphatic heterocycles. The second kappa shape index (κ2) is 7.71. The molecule has 2 aromatic carbocycles. The molecule has 1 amide bonds. The summed E-state index contributed by atoms with van der Waals surface area (Å²) in [7, 11) is -2.43. The highest BCUT2D eigenvalue weighted by molar-refractivity contribution is 7.92. The van der Waals surface area contributed by atoms with E-state index in [0.29, 0.717) is 23.3 Å². The van der Waals surface area contributed by atoms with Gasteiger partial charge < -0.3 is 4.74 Å². The Morgan fingerprint density at radius 3 is 2.79 bits per heavy atom. The lowest BCUT2D eigenvalue weighted by Crippen LogP contribution is -2.35. The quantitative estimate of drug-likeness (QED) is 0.564. The van der Waals surface area contributed by atoms with Crippen LogP contribution in [0.1, 0.15) is 23.2 Å². The molecule has 1 saturated carbocycles. The average molecular weight is 411 g/mol. The minimum absolute atomic E-state index is 0.0209. The molecular formula is C21H21N3O4S. The number of hydrazone groups is 1. The number of hydrogen-bond donors (Lipinski definition) is 2. The van der Waals surface area contributed by atoms with Gasteiger partial charge in [-0.2, -0.15) is 5.10 Å². The zero-order valence-electron chi connectivity index (χ0n) is 15.8. The number of fused-ring (bicyclic) bond motifs is 1. The number of carbonyl (C=O) groups is 1. The first kappa shape index (κ1) is 19.2. The molecule has 0 heterocycles. The third kappa shape index (κ3) is 3.88. The summed E-state index contributed by atoms with van der Waals surface area (Å²) in [5, 5.41) is 4.23. The summed E-state index contributed by atoms with van der Waals surface area (Å²) in [5.41, 5.74) is 4.07. The van der Waals surface area contributed by atoms with Crippen LogP contribution in [0.2, 0.25) is 0 Å². The molecule has 0 saturated heterocycles. The molecule has 150 valence electrons. The van der Waals surface area contributed by atoms with Crippen molar-refractivity contribution in [3.63, 3.8) is 0 Å². The van der Waals surface area contributed by atoms with Crippen LogP contribution in [0, 0.1) is 11.8 Å². The molecule has 0 bridgehead atoms. The van der Waals surface area contributed by atoms with Gasteiger partial charge in [-0.3, -0.25) is 9.52 Å². The van der Waals surface area contributed by atoms with Crippen LogP contribution < -0.4 is 14.9 Å². The number of sulfonamides is 1. The van der Waals surface area contributed by atoms with Crippen LogP contribution in [-0.4, -0.2) is 27.1 Å². The monoisotopic (exact) mass is 411 g/mol. The van der Waals surface area contributed by atoms with Gasteiger partial charge in [-0.25, -0.2) is 13.8 Å². The molecule has 0 aromatic heterocycles. The smallest absolute Gasteiger partial charge is 0.271 e. The van der Waals surface area contributed by atoms with Gasteiger partial charge in [0.05, 0.1) is 17.7 Å². The van der Waals surface area contributed by atoms with E-state index in [1.165, 1.54) is 25.3 Å². The van der Waals surface area contributed by atoms with Crippen molar-refractivity contribution in [3.8, 4) is 5.75 Å². The highest BCUT2D eigenvalue weighted by Crippen LogP contribution is 2.40. The Balaban J connectivity index is 1.49. The summed E-state index contributed by atoms with van der Waals surface area (Å²) in [6.07, 6.45) is 6.15. The molecule has 1 fully saturated rings. The Morgan fingerprint density at radius 1 is 1.17 bits per heavy atom. The summed E-state index contributed by atoms with van der Waals surface area (Å²) in [4.78, 5) is 12.4. The van der Waals surface area contributed by atoms with Gasteiger partial charge in [-0.05, 0) is 49.1 Å². The number of nitrogens with zero attached hydrogens (tertiary/aromatic N) is 1. The van der Waals surface area contributed by atoms with E-state index < -0.39 is 15.9 Å². The summed E-state index contributed by atoms with van der Waals surface area (Å²) < 4.78 is 33.2. The highest BCUT2D eigenvalue weighted by atomic mass is 32.2. The number of methoxy groups -OCH3 is 1. The Hall–Kier alpha value is -3.13. The first-order valence-corrected chi connectivity index (χ1v) is 10.8. The minimum Gasteiger partial charge on any atom is -0.495 e. The molecule has 2 N–H and O–H groups in total. The van der Waals surface area contributed by atoms with E-state index in [1.54, 1.807) is 30.3 Å². The van der Waals surface area contributed by atoms with E-state index in [2.05, 4.69) is 27.4 Å². The van der Waals surface area contributed by atoms with E-state index in [1.807, 2.05) is 0 Å². The van der Waals surface area contributed by atoms with Gasteiger partial charge in [0.15, 0.2) is 0 Å². The molecule has 4 rings (SSSR count). The third-order valence-corrected chi connectivity index (χ3v) is 6.59. The Bertz CT molecular complexity index is 1110. The average Bonchev–Trinajstić information content (AvgIpc) is 3.09. The van der Waals surface area contributed by atoms with E-state index in [9.17, 15) is 13.2 Å². The zero-order valence-corrected chi connectivity index (χ0v) is 16.6. The van der Waals surface area contributed by atoms with Gasteiger partial charge in [-0.15, -0.1) is 0 Å². The lowest BCUT2D eigenvalue weighted by Gasteiger charge is -2.31. The summed E-state index contributed by atoms with van der Waals surface area (Å²) >= 11 is 0. The van der Waals surface area contributed by atoms with Gasteiger partial charge in [0.1, 0.15) is 5.75 Å². The lowest BCUT2D eigenvalue weighted by atomic mass is 9.74. The van der Waals surface area contributed by atoms with Crippen molar-refractivity contribution in [2.24, 2.45) is 16.9 Å². The fourth-order valence-electron chi connectivity index (χ4n) is 3.59. The molecule has 2 aromatic rings.